The number of hydrogen-bond donors (Lipinski definition) is 0. The van der Waals surface area contributed by atoms with Gasteiger partial charge in [0.1, 0.15) is 5.76 Å². The number of pyridine rings is 2. The molecule has 29 heavy (non-hydrogen) atoms. The lowest BCUT2D eigenvalue weighted by Gasteiger charge is -2.27. The molecule has 5 heteroatoms. The second-order valence-corrected chi connectivity index (χ2v) is 7.77. The molecule has 0 bridgehead atoms. The molecule has 0 N–H and O–H groups in total. The van der Waals surface area contributed by atoms with E-state index in [2.05, 4.69) is 96.8 Å². The molecule has 142 valence electrons. The van der Waals surface area contributed by atoms with E-state index in [1.807, 2.05) is 6.07 Å². The van der Waals surface area contributed by atoms with Gasteiger partial charge >= 0.3 is 6.85 Å². The summed E-state index contributed by atoms with van der Waals surface area (Å²) in [6.07, 6.45) is 6.13. The van der Waals surface area contributed by atoms with Gasteiger partial charge in [0.15, 0.2) is 0 Å². The molecule has 0 saturated carbocycles. The standard InChI is InChI=1S/C24H23BN3O/c1-16-13-22(27(4)15-20(16)18-9-6-5-7-10-18)28-17(2)14-21-23(25(28)3)19-11-8-12-26-24(19)29-21/h5-15H,1-4H3/q+1. The molecule has 3 aromatic heterocycles. The zero-order chi connectivity index (χ0) is 20.1. The van der Waals surface area contributed by atoms with Crippen LogP contribution in [0.3, 0.4) is 0 Å². The first-order chi connectivity index (χ1) is 14.0. The Labute approximate surface area is 171 Å². The van der Waals surface area contributed by atoms with Crippen molar-refractivity contribution in [3.8, 4) is 11.1 Å². The third kappa shape index (κ3) is 2.77. The van der Waals surface area contributed by atoms with E-state index in [9.17, 15) is 0 Å². The van der Waals surface area contributed by atoms with Crippen LogP contribution >= 0.6 is 0 Å². The lowest BCUT2D eigenvalue weighted by Crippen LogP contribution is -2.52. The van der Waals surface area contributed by atoms with Crippen molar-refractivity contribution in [1.29, 1.82) is 0 Å². The maximum atomic E-state index is 6.03. The van der Waals surface area contributed by atoms with Gasteiger partial charge < -0.3 is 4.42 Å². The lowest BCUT2D eigenvalue weighted by atomic mass is 9.54. The predicted octanol–water partition coefficient (Wildman–Crippen LogP) is 4.34. The first-order valence-corrected chi connectivity index (χ1v) is 9.95. The van der Waals surface area contributed by atoms with Crippen LogP contribution < -0.4 is 14.8 Å². The fourth-order valence-corrected chi connectivity index (χ4v) is 4.47. The molecule has 1 aliphatic heterocycles. The number of anilines is 1. The van der Waals surface area contributed by atoms with E-state index in [1.165, 1.54) is 22.2 Å². The van der Waals surface area contributed by atoms with Crippen molar-refractivity contribution >= 4 is 35.3 Å². The summed E-state index contributed by atoms with van der Waals surface area (Å²) in [5.74, 6) is 2.08. The normalized spacial score (nSPS) is 13.6. The molecule has 0 fully saturated rings. The van der Waals surface area contributed by atoms with Gasteiger partial charge in [-0.05, 0) is 43.9 Å². The number of hydrogen-bond acceptors (Lipinski definition) is 3. The van der Waals surface area contributed by atoms with Crippen LogP contribution in [-0.4, -0.2) is 11.8 Å². The number of aryl methyl sites for hydroxylation is 2. The number of aromatic nitrogens is 2. The van der Waals surface area contributed by atoms with Crippen LogP contribution in [-0.2, 0) is 7.05 Å². The molecule has 1 aromatic carbocycles. The number of rotatable bonds is 2. The number of nitrogens with zero attached hydrogens (tertiary/aromatic N) is 3. The van der Waals surface area contributed by atoms with Crippen LogP contribution in [0.1, 0.15) is 18.2 Å². The van der Waals surface area contributed by atoms with Gasteiger partial charge in [-0.25, -0.2) is 9.55 Å². The Morgan fingerprint density at radius 2 is 1.86 bits per heavy atom. The van der Waals surface area contributed by atoms with Gasteiger partial charge in [0.05, 0.1) is 18.9 Å². The van der Waals surface area contributed by atoms with Crippen molar-refractivity contribution in [3.05, 3.63) is 77.9 Å². The molecular weight excluding hydrogens is 357 g/mol. The second-order valence-electron chi connectivity index (χ2n) is 7.77. The van der Waals surface area contributed by atoms with Crippen LogP contribution in [0.2, 0.25) is 6.82 Å². The first-order valence-electron chi connectivity index (χ1n) is 9.95. The summed E-state index contributed by atoms with van der Waals surface area (Å²) in [7, 11) is 2.12. The Morgan fingerprint density at radius 1 is 1.07 bits per heavy atom. The molecular formula is C24H23BN3O+. The minimum atomic E-state index is 0.147. The number of allylic oxidation sites excluding steroid dienone is 1. The third-order valence-corrected chi connectivity index (χ3v) is 5.84. The summed E-state index contributed by atoms with van der Waals surface area (Å²) < 4.78 is 8.24. The fraction of sp³-hybridized carbons (Fsp3) is 0.167. The fourth-order valence-electron chi connectivity index (χ4n) is 4.47. The Hall–Kier alpha value is -3.34. The highest BCUT2D eigenvalue weighted by molar-refractivity contribution is 6.79. The maximum Gasteiger partial charge on any atom is 0.413 e. The van der Waals surface area contributed by atoms with Gasteiger partial charge in [-0.1, -0.05) is 30.3 Å². The van der Waals surface area contributed by atoms with Gasteiger partial charge in [-0.3, -0.25) is 4.81 Å². The molecule has 0 saturated heterocycles. The smallest absolute Gasteiger partial charge is 0.413 e. The molecule has 4 aromatic rings. The minimum absolute atomic E-state index is 0.147. The van der Waals surface area contributed by atoms with Crippen molar-refractivity contribution in [3.63, 3.8) is 0 Å². The predicted molar refractivity (Wildman–Crippen MR) is 119 cm³/mol. The van der Waals surface area contributed by atoms with Crippen molar-refractivity contribution in [2.24, 2.45) is 7.05 Å². The van der Waals surface area contributed by atoms with E-state index >= 15 is 0 Å². The topological polar surface area (TPSA) is 33.2 Å². The Bertz CT molecular complexity index is 1260. The largest absolute Gasteiger partial charge is 0.439 e. The zero-order valence-corrected chi connectivity index (χ0v) is 17.2. The SMILES string of the molecule is CB1c2c(oc3ncccc23)C=C(C)N1c1cc(C)c(-c2ccccc2)c[n+]1C. The van der Waals surface area contributed by atoms with Crippen LogP contribution in [0.25, 0.3) is 28.3 Å². The lowest BCUT2D eigenvalue weighted by molar-refractivity contribution is -0.657. The quantitative estimate of drug-likeness (QED) is 0.383. The monoisotopic (exact) mass is 380 g/mol. The summed E-state index contributed by atoms with van der Waals surface area (Å²) in [6.45, 7) is 6.70. The highest BCUT2D eigenvalue weighted by atomic mass is 16.3. The molecule has 0 unspecified atom stereocenters. The summed E-state index contributed by atoms with van der Waals surface area (Å²) >= 11 is 0. The van der Waals surface area contributed by atoms with Crippen LogP contribution in [0.5, 0.6) is 0 Å². The van der Waals surface area contributed by atoms with E-state index in [1.54, 1.807) is 6.20 Å². The zero-order valence-electron chi connectivity index (χ0n) is 17.2. The van der Waals surface area contributed by atoms with Gasteiger partial charge in [-0.15, -0.1) is 0 Å². The van der Waals surface area contributed by atoms with E-state index in [-0.39, 0.29) is 6.85 Å². The molecule has 1 aliphatic rings. The highest BCUT2D eigenvalue weighted by Gasteiger charge is 2.40. The van der Waals surface area contributed by atoms with E-state index in [0.717, 1.165) is 22.7 Å². The first kappa shape index (κ1) is 17.7. The van der Waals surface area contributed by atoms with Crippen molar-refractivity contribution in [1.82, 2.24) is 4.98 Å². The Morgan fingerprint density at radius 3 is 2.66 bits per heavy atom. The van der Waals surface area contributed by atoms with E-state index in [4.69, 9.17) is 4.42 Å². The average molecular weight is 380 g/mol. The van der Waals surface area contributed by atoms with E-state index < -0.39 is 0 Å². The number of furan rings is 1. The van der Waals surface area contributed by atoms with Gasteiger partial charge in [0, 0.05) is 34.8 Å². The van der Waals surface area contributed by atoms with Crippen molar-refractivity contribution < 1.29 is 8.98 Å². The summed E-state index contributed by atoms with van der Waals surface area (Å²) in [6, 6.07) is 16.9. The number of benzene rings is 1. The van der Waals surface area contributed by atoms with Gasteiger partial charge in [-0.2, -0.15) is 0 Å². The van der Waals surface area contributed by atoms with Crippen molar-refractivity contribution in [2.75, 3.05) is 4.81 Å². The Balaban J connectivity index is 1.64. The molecule has 4 heterocycles. The summed E-state index contributed by atoms with van der Waals surface area (Å²) in [5, 5.41) is 1.09. The van der Waals surface area contributed by atoms with Gasteiger partial charge in [0.25, 0.3) is 5.82 Å². The van der Waals surface area contributed by atoms with E-state index in [0.29, 0.717) is 5.71 Å². The Kier molecular flexibility index (Phi) is 4.05. The molecule has 0 radical (unpaired) electrons. The van der Waals surface area contributed by atoms with Crippen LogP contribution in [0, 0.1) is 6.92 Å². The summed E-state index contributed by atoms with van der Waals surface area (Å²) in [4.78, 5) is 6.78. The molecule has 5 rings (SSSR count). The average Bonchev–Trinajstić information content (AvgIpc) is 3.09. The highest BCUT2D eigenvalue weighted by Crippen LogP contribution is 2.30. The van der Waals surface area contributed by atoms with Gasteiger partial charge in [0.2, 0.25) is 5.71 Å². The maximum absolute atomic E-state index is 6.03. The van der Waals surface area contributed by atoms with Crippen molar-refractivity contribution in [2.45, 2.75) is 20.7 Å². The summed E-state index contributed by atoms with van der Waals surface area (Å²) in [5.41, 5.74) is 6.81. The molecule has 4 nitrogen and oxygen atoms in total. The molecule has 0 amide bonds. The minimum Gasteiger partial charge on any atom is -0.439 e. The second kappa shape index (κ2) is 6.62. The molecule has 0 spiro atoms. The third-order valence-electron chi connectivity index (χ3n) is 5.84. The molecule has 0 aliphatic carbocycles. The van der Waals surface area contributed by atoms with Crippen LogP contribution in [0.4, 0.5) is 5.82 Å². The van der Waals surface area contributed by atoms with Crippen LogP contribution in [0.15, 0.2) is 71.0 Å². The molecule has 0 atom stereocenters. The number of fused-ring (bicyclic) bond motifs is 3.